The van der Waals surface area contributed by atoms with Crippen molar-refractivity contribution in [1.29, 1.82) is 0 Å². The van der Waals surface area contributed by atoms with Crippen LogP contribution in [0.5, 0.6) is 0 Å². The van der Waals surface area contributed by atoms with Crippen LogP contribution in [0.4, 0.5) is 5.82 Å². The number of hydrogen-bond acceptors (Lipinski definition) is 7. The molecule has 204 valence electrons. The number of amidine groups is 1. The maximum Gasteiger partial charge on any atom is 0.289 e. The van der Waals surface area contributed by atoms with Crippen molar-refractivity contribution in [3.8, 4) is 0 Å². The minimum absolute atomic E-state index is 0. The lowest BCUT2D eigenvalue weighted by Crippen LogP contribution is -2.48. The maximum absolute atomic E-state index is 13.2. The predicted molar refractivity (Wildman–Crippen MR) is 154 cm³/mol. The molecule has 8 nitrogen and oxygen atoms in total. The first kappa shape index (κ1) is 29.4. The van der Waals surface area contributed by atoms with E-state index in [1.165, 1.54) is 12.8 Å². The van der Waals surface area contributed by atoms with Gasteiger partial charge in [0.15, 0.2) is 0 Å². The third-order valence-corrected chi connectivity index (χ3v) is 7.71. The quantitative estimate of drug-likeness (QED) is 0.469. The monoisotopic (exact) mass is 550 g/mol. The number of fused-ring (bicyclic) bond motifs is 1. The van der Waals surface area contributed by atoms with Crippen LogP contribution in [0.3, 0.4) is 0 Å². The van der Waals surface area contributed by atoms with E-state index in [9.17, 15) is 4.79 Å². The van der Waals surface area contributed by atoms with Gasteiger partial charge in [0.05, 0.1) is 17.5 Å². The Kier molecular flexibility index (Phi) is 10.8. The van der Waals surface area contributed by atoms with Gasteiger partial charge in [0.1, 0.15) is 5.82 Å². The summed E-state index contributed by atoms with van der Waals surface area (Å²) in [5, 5.41) is 11.6. The number of hydrogen-bond donors (Lipinski definition) is 3. The molecule has 2 saturated carbocycles. The van der Waals surface area contributed by atoms with Gasteiger partial charge in [-0.25, -0.2) is 9.97 Å². The number of nitrogens with one attached hydrogen (secondary N) is 3. The highest BCUT2D eigenvalue weighted by Gasteiger charge is 2.28. The molecule has 0 bridgehead atoms. The SMILES string of the molecule is CO[C@H]1CC[C@@H](NC(=O)c2nc(N[C@H]3CCCC[C@H]3NC3=NCCC3)c3cc(C)ccc3n2)CC1.Cl.Cl. The summed E-state index contributed by atoms with van der Waals surface area (Å²) in [5.41, 5.74) is 1.94. The van der Waals surface area contributed by atoms with Crippen LogP contribution in [-0.4, -0.2) is 59.6 Å². The number of anilines is 1. The van der Waals surface area contributed by atoms with Crippen molar-refractivity contribution in [2.75, 3.05) is 19.0 Å². The van der Waals surface area contributed by atoms with Gasteiger partial charge in [-0.3, -0.25) is 9.79 Å². The minimum Gasteiger partial charge on any atom is -0.381 e. The molecule has 0 unspecified atom stereocenters. The summed E-state index contributed by atoms with van der Waals surface area (Å²) < 4.78 is 5.47. The van der Waals surface area contributed by atoms with Gasteiger partial charge in [-0.15, -0.1) is 24.8 Å². The number of aliphatic imine (C=N–C) groups is 1. The Morgan fingerprint density at radius 1 is 0.946 bits per heavy atom. The zero-order valence-electron chi connectivity index (χ0n) is 21.8. The fraction of sp³-hybridized carbons (Fsp3) is 0.630. The number of carbonyl (C=O) groups is 1. The largest absolute Gasteiger partial charge is 0.381 e. The number of aryl methyl sites for hydroxylation is 1. The van der Waals surface area contributed by atoms with Crippen molar-refractivity contribution in [3.63, 3.8) is 0 Å². The van der Waals surface area contributed by atoms with E-state index in [0.29, 0.717) is 12.1 Å². The summed E-state index contributed by atoms with van der Waals surface area (Å²) >= 11 is 0. The smallest absolute Gasteiger partial charge is 0.289 e. The zero-order valence-corrected chi connectivity index (χ0v) is 23.4. The molecule has 0 radical (unpaired) electrons. The van der Waals surface area contributed by atoms with Gasteiger partial charge in [-0.05, 0) is 64.0 Å². The Bertz CT molecular complexity index is 1090. The number of amides is 1. The van der Waals surface area contributed by atoms with Crippen LogP contribution >= 0.6 is 24.8 Å². The summed E-state index contributed by atoms with van der Waals surface area (Å²) in [6.07, 6.45) is 10.8. The van der Waals surface area contributed by atoms with Crippen LogP contribution in [-0.2, 0) is 4.74 Å². The molecule has 1 amide bonds. The van der Waals surface area contributed by atoms with Crippen LogP contribution in [0.2, 0.25) is 0 Å². The first-order chi connectivity index (χ1) is 17.1. The summed E-state index contributed by atoms with van der Waals surface area (Å²) in [6, 6.07) is 6.81. The third kappa shape index (κ3) is 7.24. The lowest BCUT2D eigenvalue weighted by Gasteiger charge is -2.34. The van der Waals surface area contributed by atoms with Gasteiger partial charge in [-0.1, -0.05) is 24.5 Å². The second-order valence-electron chi connectivity index (χ2n) is 10.3. The van der Waals surface area contributed by atoms with Gasteiger partial charge < -0.3 is 20.7 Å². The summed E-state index contributed by atoms with van der Waals surface area (Å²) in [5.74, 6) is 1.92. The Morgan fingerprint density at radius 3 is 2.35 bits per heavy atom. The molecule has 10 heteroatoms. The van der Waals surface area contributed by atoms with Crippen LogP contribution in [0.25, 0.3) is 10.9 Å². The van der Waals surface area contributed by atoms with Crippen molar-refractivity contribution in [2.24, 2.45) is 4.99 Å². The number of carbonyl (C=O) groups excluding carboxylic acids is 1. The lowest BCUT2D eigenvalue weighted by molar-refractivity contribution is 0.0597. The molecule has 37 heavy (non-hydrogen) atoms. The number of aromatic nitrogens is 2. The predicted octanol–water partition coefficient (Wildman–Crippen LogP) is 4.97. The van der Waals surface area contributed by atoms with Crippen LogP contribution in [0, 0.1) is 6.92 Å². The molecule has 1 aliphatic heterocycles. The van der Waals surface area contributed by atoms with Crippen molar-refractivity contribution in [3.05, 3.63) is 29.6 Å². The normalized spacial score (nSPS) is 25.4. The van der Waals surface area contributed by atoms with Crippen LogP contribution in [0.15, 0.2) is 23.2 Å². The van der Waals surface area contributed by atoms with E-state index in [0.717, 1.165) is 86.0 Å². The van der Waals surface area contributed by atoms with Crippen LogP contribution < -0.4 is 16.0 Å². The number of rotatable bonds is 6. The molecule has 2 atom stereocenters. The Hall–Kier alpha value is -2.16. The highest BCUT2D eigenvalue weighted by molar-refractivity contribution is 5.97. The van der Waals surface area contributed by atoms with E-state index < -0.39 is 0 Å². The van der Waals surface area contributed by atoms with E-state index in [1.54, 1.807) is 7.11 Å². The third-order valence-electron chi connectivity index (χ3n) is 7.71. The van der Waals surface area contributed by atoms with Gasteiger partial charge in [0, 0.05) is 43.6 Å². The molecule has 5 rings (SSSR count). The molecular weight excluding hydrogens is 511 g/mol. The Balaban J connectivity index is 0.00000190. The number of methoxy groups -OCH3 is 1. The molecule has 3 N–H and O–H groups in total. The van der Waals surface area contributed by atoms with Crippen molar-refractivity contribution in [2.45, 2.75) is 95.4 Å². The molecule has 0 saturated heterocycles. The molecule has 2 aliphatic carbocycles. The highest BCUT2D eigenvalue weighted by atomic mass is 35.5. The van der Waals surface area contributed by atoms with Crippen molar-refractivity contribution in [1.82, 2.24) is 20.6 Å². The lowest BCUT2D eigenvalue weighted by atomic mass is 9.90. The molecule has 2 heterocycles. The van der Waals surface area contributed by atoms with E-state index in [-0.39, 0.29) is 48.6 Å². The maximum atomic E-state index is 13.2. The van der Waals surface area contributed by atoms with Gasteiger partial charge in [0.25, 0.3) is 5.91 Å². The second-order valence-corrected chi connectivity index (χ2v) is 10.3. The molecule has 2 aromatic rings. The zero-order chi connectivity index (χ0) is 24.2. The van der Waals surface area contributed by atoms with Crippen molar-refractivity contribution < 1.29 is 9.53 Å². The standard InChI is InChI=1S/C27H38N6O2.2ClH/c1-17-9-14-21-20(16-17)25(32-23-7-4-3-6-22(23)30-24-8-5-15-28-24)33-26(31-21)27(34)29-18-10-12-19(35-2)13-11-18;;/h9,14,16,18-19,22-23H,3-8,10-13,15H2,1-2H3,(H,28,30)(H,29,34)(H,31,32,33);2*1H/t18-,19+,22-,23+;;/m1../s1. The fourth-order valence-corrected chi connectivity index (χ4v) is 5.67. The summed E-state index contributed by atoms with van der Waals surface area (Å²) in [4.78, 5) is 27.2. The number of nitrogens with zero attached hydrogens (tertiary/aromatic N) is 3. The van der Waals surface area contributed by atoms with Gasteiger partial charge in [-0.2, -0.15) is 0 Å². The molecule has 2 fully saturated rings. The molecule has 1 aromatic heterocycles. The van der Waals surface area contributed by atoms with Crippen molar-refractivity contribution >= 4 is 53.3 Å². The van der Waals surface area contributed by atoms with Crippen LogP contribution in [0.1, 0.15) is 80.4 Å². The minimum atomic E-state index is -0.199. The van der Waals surface area contributed by atoms with E-state index in [4.69, 9.17) is 9.72 Å². The molecule has 1 aromatic carbocycles. The van der Waals surface area contributed by atoms with E-state index >= 15 is 0 Å². The number of halogens is 2. The molecular formula is C27H40Cl2N6O2. The first-order valence-electron chi connectivity index (χ1n) is 13.3. The second kappa shape index (κ2) is 13.6. The average Bonchev–Trinajstić information content (AvgIpc) is 3.39. The Labute approximate surface area is 232 Å². The summed E-state index contributed by atoms with van der Waals surface area (Å²) in [6.45, 7) is 3.00. The van der Waals surface area contributed by atoms with E-state index in [1.807, 2.05) is 12.1 Å². The first-order valence-corrected chi connectivity index (χ1v) is 13.3. The van der Waals surface area contributed by atoms with Gasteiger partial charge >= 0.3 is 0 Å². The van der Waals surface area contributed by atoms with Gasteiger partial charge in [0.2, 0.25) is 5.82 Å². The molecule has 0 spiro atoms. The topological polar surface area (TPSA) is 101 Å². The molecule has 3 aliphatic rings. The highest BCUT2D eigenvalue weighted by Crippen LogP contribution is 2.28. The average molecular weight is 552 g/mol. The summed E-state index contributed by atoms with van der Waals surface area (Å²) in [7, 11) is 1.76. The fourth-order valence-electron chi connectivity index (χ4n) is 5.67. The number of ether oxygens (including phenoxy) is 1. The van der Waals surface area contributed by atoms with E-state index in [2.05, 4.69) is 38.9 Å². The Morgan fingerprint density at radius 2 is 1.68 bits per heavy atom. The number of benzene rings is 1.